The van der Waals surface area contributed by atoms with Crippen LogP contribution in [-0.4, -0.2) is 23.4 Å². The number of carbonyl (C=O) groups is 2. The van der Waals surface area contributed by atoms with Crippen LogP contribution in [0.5, 0.6) is 11.5 Å². The van der Waals surface area contributed by atoms with E-state index in [4.69, 9.17) is 9.47 Å². The molecular formula is C26H27N3O4. The standard InChI is InChI=1S/C26H27N3O4/c30-25(4-2-14-32-23-10-11-24-21(15-23)7-12-26(31)29-24)28-17-19-5-8-22(9-6-19)33-18-20-3-1-13-27-16-20/h1,3,5-6,8-11,13,15-16H,2,4,7,12,14,17-18H2,(H,28,30)(H,29,31). The Hall–Kier alpha value is -3.87. The highest BCUT2D eigenvalue weighted by Gasteiger charge is 2.15. The molecule has 1 aliphatic heterocycles. The molecule has 0 bridgehead atoms. The predicted molar refractivity (Wildman–Crippen MR) is 125 cm³/mol. The van der Waals surface area contributed by atoms with Crippen LogP contribution in [0.25, 0.3) is 0 Å². The molecule has 0 saturated carbocycles. The lowest BCUT2D eigenvalue weighted by atomic mass is 10.0. The SMILES string of the molecule is O=C(CCCOc1ccc2c(c1)CCC(=O)N2)NCc1ccc(OCc2cccnc2)cc1. The van der Waals surface area contributed by atoms with Crippen molar-refractivity contribution in [3.8, 4) is 11.5 Å². The van der Waals surface area contributed by atoms with Gasteiger partial charge in [0, 0.05) is 43.0 Å². The number of hydrogen-bond donors (Lipinski definition) is 2. The van der Waals surface area contributed by atoms with E-state index >= 15 is 0 Å². The number of aromatic nitrogens is 1. The molecule has 2 aromatic carbocycles. The summed E-state index contributed by atoms with van der Waals surface area (Å²) >= 11 is 0. The molecule has 4 rings (SSSR count). The highest BCUT2D eigenvalue weighted by molar-refractivity contribution is 5.94. The van der Waals surface area contributed by atoms with Gasteiger partial charge in [0.1, 0.15) is 18.1 Å². The van der Waals surface area contributed by atoms with Gasteiger partial charge < -0.3 is 20.1 Å². The quantitative estimate of drug-likeness (QED) is 0.460. The molecule has 170 valence electrons. The molecule has 1 aliphatic rings. The van der Waals surface area contributed by atoms with Crippen molar-refractivity contribution in [2.75, 3.05) is 11.9 Å². The number of aryl methyl sites for hydroxylation is 1. The van der Waals surface area contributed by atoms with Gasteiger partial charge in [0.15, 0.2) is 0 Å². The Morgan fingerprint density at radius 2 is 1.85 bits per heavy atom. The zero-order valence-corrected chi connectivity index (χ0v) is 18.4. The molecule has 3 aromatic rings. The molecule has 0 spiro atoms. The molecule has 2 heterocycles. The smallest absolute Gasteiger partial charge is 0.224 e. The van der Waals surface area contributed by atoms with E-state index in [0.717, 1.165) is 40.3 Å². The van der Waals surface area contributed by atoms with Gasteiger partial charge in [-0.15, -0.1) is 0 Å². The number of benzene rings is 2. The van der Waals surface area contributed by atoms with Crippen molar-refractivity contribution >= 4 is 17.5 Å². The minimum atomic E-state index is -0.0105. The second-order valence-electron chi connectivity index (χ2n) is 7.89. The van der Waals surface area contributed by atoms with Gasteiger partial charge in [0.25, 0.3) is 0 Å². The molecule has 1 aromatic heterocycles. The monoisotopic (exact) mass is 445 g/mol. The fraction of sp³-hybridized carbons (Fsp3) is 0.269. The van der Waals surface area contributed by atoms with E-state index in [1.165, 1.54) is 0 Å². The van der Waals surface area contributed by atoms with Gasteiger partial charge >= 0.3 is 0 Å². The minimum Gasteiger partial charge on any atom is -0.494 e. The number of ether oxygens (including phenoxy) is 2. The second-order valence-corrected chi connectivity index (χ2v) is 7.89. The number of anilines is 1. The Morgan fingerprint density at radius 3 is 2.67 bits per heavy atom. The van der Waals surface area contributed by atoms with Gasteiger partial charge in [-0.1, -0.05) is 18.2 Å². The van der Waals surface area contributed by atoms with Crippen molar-refractivity contribution in [1.29, 1.82) is 0 Å². The maximum atomic E-state index is 12.1. The number of pyridine rings is 1. The van der Waals surface area contributed by atoms with Gasteiger partial charge in [-0.05, 0) is 60.4 Å². The van der Waals surface area contributed by atoms with E-state index < -0.39 is 0 Å². The van der Waals surface area contributed by atoms with Crippen LogP contribution in [0.2, 0.25) is 0 Å². The minimum absolute atomic E-state index is 0.0105. The number of amides is 2. The summed E-state index contributed by atoms with van der Waals surface area (Å²) in [5.74, 6) is 1.57. The largest absolute Gasteiger partial charge is 0.494 e. The molecule has 0 aliphatic carbocycles. The molecule has 0 unspecified atom stereocenters. The van der Waals surface area contributed by atoms with Crippen LogP contribution in [0, 0.1) is 0 Å². The first-order valence-electron chi connectivity index (χ1n) is 11.1. The number of nitrogens with one attached hydrogen (secondary N) is 2. The van der Waals surface area contributed by atoms with Crippen LogP contribution in [0.15, 0.2) is 67.0 Å². The molecule has 33 heavy (non-hydrogen) atoms. The average Bonchev–Trinajstić information content (AvgIpc) is 2.85. The van der Waals surface area contributed by atoms with Crippen LogP contribution in [-0.2, 0) is 29.2 Å². The van der Waals surface area contributed by atoms with Crippen molar-refractivity contribution in [3.63, 3.8) is 0 Å². The zero-order chi connectivity index (χ0) is 22.9. The van der Waals surface area contributed by atoms with Crippen LogP contribution < -0.4 is 20.1 Å². The number of fused-ring (bicyclic) bond motifs is 1. The lowest BCUT2D eigenvalue weighted by molar-refractivity contribution is -0.121. The first kappa shape index (κ1) is 22.3. The van der Waals surface area contributed by atoms with Crippen molar-refractivity contribution in [1.82, 2.24) is 10.3 Å². The number of nitrogens with zero attached hydrogens (tertiary/aromatic N) is 1. The number of hydrogen-bond acceptors (Lipinski definition) is 5. The summed E-state index contributed by atoms with van der Waals surface area (Å²) in [7, 11) is 0. The molecule has 0 fully saturated rings. The first-order valence-corrected chi connectivity index (χ1v) is 11.1. The second kappa shape index (κ2) is 11.1. The maximum absolute atomic E-state index is 12.1. The van der Waals surface area contributed by atoms with E-state index in [1.54, 1.807) is 12.4 Å². The molecule has 7 heteroatoms. The molecular weight excluding hydrogens is 418 g/mol. The van der Waals surface area contributed by atoms with Gasteiger partial charge in [0.2, 0.25) is 11.8 Å². The van der Waals surface area contributed by atoms with Crippen molar-refractivity contribution < 1.29 is 19.1 Å². The van der Waals surface area contributed by atoms with Crippen LogP contribution in [0.4, 0.5) is 5.69 Å². The van der Waals surface area contributed by atoms with Crippen LogP contribution >= 0.6 is 0 Å². The topological polar surface area (TPSA) is 89.6 Å². The molecule has 0 atom stereocenters. The maximum Gasteiger partial charge on any atom is 0.224 e. The summed E-state index contributed by atoms with van der Waals surface area (Å²) in [5.41, 5.74) is 3.96. The van der Waals surface area contributed by atoms with Gasteiger partial charge in [-0.2, -0.15) is 0 Å². The van der Waals surface area contributed by atoms with E-state index in [9.17, 15) is 9.59 Å². The lowest BCUT2D eigenvalue weighted by Crippen LogP contribution is -2.23. The lowest BCUT2D eigenvalue weighted by Gasteiger charge is -2.17. The Balaban J connectivity index is 1.12. The summed E-state index contributed by atoms with van der Waals surface area (Å²) in [5, 5.41) is 5.79. The number of carbonyl (C=O) groups excluding carboxylic acids is 2. The summed E-state index contributed by atoms with van der Waals surface area (Å²) in [6, 6.07) is 17.2. The van der Waals surface area contributed by atoms with E-state index in [1.807, 2.05) is 54.6 Å². The molecule has 0 saturated heterocycles. The highest BCUT2D eigenvalue weighted by atomic mass is 16.5. The van der Waals surface area contributed by atoms with Crippen molar-refractivity contribution in [2.45, 2.75) is 38.8 Å². The summed E-state index contributed by atoms with van der Waals surface area (Å²) in [6.45, 7) is 1.40. The summed E-state index contributed by atoms with van der Waals surface area (Å²) in [6.07, 6.45) is 5.75. The highest BCUT2D eigenvalue weighted by Crippen LogP contribution is 2.26. The van der Waals surface area contributed by atoms with Crippen LogP contribution in [0.3, 0.4) is 0 Å². The number of rotatable bonds is 10. The van der Waals surface area contributed by atoms with Gasteiger partial charge in [-0.25, -0.2) is 0 Å². The third-order valence-electron chi connectivity index (χ3n) is 5.33. The van der Waals surface area contributed by atoms with Crippen molar-refractivity contribution in [2.24, 2.45) is 0 Å². The van der Waals surface area contributed by atoms with E-state index in [2.05, 4.69) is 15.6 Å². The first-order chi connectivity index (χ1) is 16.2. The predicted octanol–water partition coefficient (Wildman–Crippen LogP) is 4.02. The Morgan fingerprint density at radius 1 is 1.00 bits per heavy atom. The molecule has 0 radical (unpaired) electrons. The van der Waals surface area contributed by atoms with E-state index in [0.29, 0.717) is 39.0 Å². The third kappa shape index (κ3) is 6.80. The van der Waals surface area contributed by atoms with Gasteiger partial charge in [-0.3, -0.25) is 14.6 Å². The Bertz CT molecular complexity index is 1080. The fourth-order valence-electron chi connectivity index (χ4n) is 3.52. The zero-order valence-electron chi connectivity index (χ0n) is 18.4. The summed E-state index contributed by atoms with van der Waals surface area (Å²) < 4.78 is 11.5. The molecule has 2 N–H and O–H groups in total. The Labute approximate surface area is 193 Å². The van der Waals surface area contributed by atoms with E-state index in [-0.39, 0.29) is 11.8 Å². The van der Waals surface area contributed by atoms with Gasteiger partial charge in [0.05, 0.1) is 6.61 Å². The fourth-order valence-corrected chi connectivity index (χ4v) is 3.52. The van der Waals surface area contributed by atoms with Crippen molar-refractivity contribution in [3.05, 3.63) is 83.7 Å². The van der Waals surface area contributed by atoms with Crippen LogP contribution in [0.1, 0.15) is 36.0 Å². The summed E-state index contributed by atoms with van der Waals surface area (Å²) in [4.78, 5) is 27.6. The molecule has 2 amide bonds. The average molecular weight is 446 g/mol. The normalized spacial score (nSPS) is 12.4. The third-order valence-corrected chi connectivity index (χ3v) is 5.33. The Kier molecular flexibility index (Phi) is 7.53. The molecule has 7 nitrogen and oxygen atoms in total.